The maximum Gasteiger partial charge on any atom is 0.223 e. The number of furan rings is 1. The first-order valence-corrected chi connectivity index (χ1v) is 6.21. The van der Waals surface area contributed by atoms with Gasteiger partial charge in [-0.3, -0.25) is 4.79 Å². The van der Waals surface area contributed by atoms with Crippen molar-refractivity contribution in [1.29, 1.82) is 0 Å². The van der Waals surface area contributed by atoms with Crippen LogP contribution in [0.5, 0.6) is 0 Å². The normalized spacial score (nSPS) is 16.2. The molecule has 5 heteroatoms. The minimum atomic E-state index is -0.0830. The van der Waals surface area contributed by atoms with Gasteiger partial charge >= 0.3 is 0 Å². The third-order valence-corrected chi connectivity index (χ3v) is 3.16. The number of rotatable bonds is 6. The molecule has 0 unspecified atom stereocenters. The zero-order valence-corrected chi connectivity index (χ0v) is 11.2. The van der Waals surface area contributed by atoms with Gasteiger partial charge in [0.1, 0.15) is 6.61 Å². The molecule has 1 aromatic rings. The Morgan fingerprint density at radius 3 is 2.89 bits per heavy atom. The molecule has 1 aliphatic rings. The summed E-state index contributed by atoms with van der Waals surface area (Å²) in [7, 11) is 0. The molecule has 0 spiro atoms. The largest absolute Gasteiger partial charge is 0.461 e. The fraction of sp³-hybridized carbons (Fsp3) is 0.615. The molecule has 4 nitrogen and oxygen atoms in total. The SMILES string of the molecule is Cl.O=C(COCCC1CCNCC1)c1ccco1. The maximum absolute atomic E-state index is 11.5. The predicted molar refractivity (Wildman–Crippen MR) is 71.3 cm³/mol. The Morgan fingerprint density at radius 2 is 2.22 bits per heavy atom. The third kappa shape index (κ3) is 4.80. The van der Waals surface area contributed by atoms with Gasteiger partial charge in [-0.15, -0.1) is 12.4 Å². The van der Waals surface area contributed by atoms with Gasteiger partial charge in [-0.2, -0.15) is 0 Å². The summed E-state index contributed by atoms with van der Waals surface area (Å²) in [4.78, 5) is 11.5. The van der Waals surface area contributed by atoms with Crippen LogP contribution in [0, 0.1) is 5.92 Å². The molecule has 0 amide bonds. The number of nitrogens with one attached hydrogen (secondary N) is 1. The van der Waals surface area contributed by atoms with Crippen LogP contribution in [0.4, 0.5) is 0 Å². The van der Waals surface area contributed by atoms with E-state index in [2.05, 4.69) is 5.32 Å². The summed E-state index contributed by atoms with van der Waals surface area (Å²) in [5.41, 5.74) is 0. The number of carbonyl (C=O) groups excluding carboxylic acids is 1. The first-order chi connectivity index (χ1) is 8.36. The van der Waals surface area contributed by atoms with Gasteiger partial charge in [0.15, 0.2) is 5.76 Å². The summed E-state index contributed by atoms with van der Waals surface area (Å²) >= 11 is 0. The van der Waals surface area contributed by atoms with Crippen molar-refractivity contribution < 1.29 is 13.9 Å². The van der Waals surface area contributed by atoms with E-state index in [0.29, 0.717) is 12.4 Å². The van der Waals surface area contributed by atoms with Crippen molar-refractivity contribution in [2.45, 2.75) is 19.3 Å². The lowest BCUT2D eigenvalue weighted by atomic mass is 9.95. The smallest absolute Gasteiger partial charge is 0.223 e. The second-order valence-corrected chi connectivity index (χ2v) is 4.44. The second-order valence-electron chi connectivity index (χ2n) is 4.44. The second kappa shape index (κ2) is 8.29. The highest BCUT2D eigenvalue weighted by Crippen LogP contribution is 2.15. The average molecular weight is 274 g/mol. The molecule has 1 N–H and O–H groups in total. The van der Waals surface area contributed by atoms with E-state index in [0.717, 1.165) is 25.4 Å². The molecule has 1 saturated heterocycles. The monoisotopic (exact) mass is 273 g/mol. The minimum absolute atomic E-state index is 0. The lowest BCUT2D eigenvalue weighted by Crippen LogP contribution is -2.28. The molecule has 0 saturated carbocycles. The number of piperidine rings is 1. The molecule has 1 aliphatic heterocycles. The van der Waals surface area contributed by atoms with Crippen molar-refractivity contribution >= 4 is 18.2 Å². The minimum Gasteiger partial charge on any atom is -0.461 e. The van der Waals surface area contributed by atoms with Gasteiger partial charge in [0.05, 0.1) is 6.26 Å². The highest BCUT2D eigenvalue weighted by Gasteiger charge is 2.13. The molecular formula is C13H20ClNO3. The highest BCUT2D eigenvalue weighted by atomic mass is 35.5. The quantitative estimate of drug-likeness (QED) is 0.638. The Morgan fingerprint density at radius 1 is 1.44 bits per heavy atom. The van der Waals surface area contributed by atoms with Crippen molar-refractivity contribution in [2.75, 3.05) is 26.3 Å². The van der Waals surface area contributed by atoms with Crippen molar-refractivity contribution in [2.24, 2.45) is 5.92 Å². The molecule has 0 atom stereocenters. The summed E-state index contributed by atoms with van der Waals surface area (Å²) in [5.74, 6) is 1.04. The molecule has 102 valence electrons. The summed E-state index contributed by atoms with van der Waals surface area (Å²) in [6.07, 6.45) is 4.99. The van der Waals surface area contributed by atoms with Crippen LogP contribution in [0.25, 0.3) is 0 Å². The van der Waals surface area contributed by atoms with E-state index in [4.69, 9.17) is 9.15 Å². The van der Waals surface area contributed by atoms with Crippen LogP contribution in [-0.4, -0.2) is 32.1 Å². The molecule has 1 fully saturated rings. The molecule has 0 radical (unpaired) electrons. The van der Waals surface area contributed by atoms with Gasteiger partial charge in [0.2, 0.25) is 5.78 Å². The molecule has 0 aromatic carbocycles. The number of carbonyl (C=O) groups is 1. The lowest BCUT2D eigenvalue weighted by Gasteiger charge is -2.22. The molecule has 2 heterocycles. The fourth-order valence-corrected chi connectivity index (χ4v) is 2.09. The van der Waals surface area contributed by atoms with Crippen LogP contribution < -0.4 is 5.32 Å². The molecule has 18 heavy (non-hydrogen) atoms. The summed E-state index contributed by atoms with van der Waals surface area (Å²) < 4.78 is 10.4. The van der Waals surface area contributed by atoms with Crippen LogP contribution in [0.2, 0.25) is 0 Å². The van der Waals surface area contributed by atoms with Crippen molar-refractivity contribution in [3.63, 3.8) is 0 Å². The van der Waals surface area contributed by atoms with Crippen molar-refractivity contribution in [3.8, 4) is 0 Å². The van der Waals surface area contributed by atoms with Gasteiger partial charge in [0, 0.05) is 6.61 Å². The van der Waals surface area contributed by atoms with Crippen LogP contribution in [0.15, 0.2) is 22.8 Å². The number of Topliss-reactive ketones (excluding diaryl/α,β-unsaturated/α-hetero) is 1. The molecule has 1 aromatic heterocycles. The Kier molecular flexibility index (Phi) is 7.01. The van der Waals surface area contributed by atoms with Crippen LogP contribution in [-0.2, 0) is 4.74 Å². The Hall–Kier alpha value is -0.840. The number of hydrogen-bond donors (Lipinski definition) is 1. The van der Waals surface area contributed by atoms with Gasteiger partial charge in [-0.1, -0.05) is 0 Å². The first kappa shape index (κ1) is 15.2. The zero-order chi connectivity index (χ0) is 11.9. The van der Waals surface area contributed by atoms with E-state index in [9.17, 15) is 4.79 Å². The van der Waals surface area contributed by atoms with Crippen LogP contribution in [0.3, 0.4) is 0 Å². The van der Waals surface area contributed by atoms with E-state index in [-0.39, 0.29) is 24.8 Å². The summed E-state index contributed by atoms with van der Waals surface area (Å²) in [6.45, 7) is 3.00. The van der Waals surface area contributed by atoms with Crippen molar-refractivity contribution in [3.05, 3.63) is 24.2 Å². The number of hydrogen-bond acceptors (Lipinski definition) is 4. The van der Waals surface area contributed by atoms with E-state index < -0.39 is 0 Å². The van der Waals surface area contributed by atoms with Gasteiger partial charge in [0.25, 0.3) is 0 Å². The molecule has 2 rings (SSSR count). The van der Waals surface area contributed by atoms with Crippen LogP contribution in [0.1, 0.15) is 29.8 Å². The van der Waals surface area contributed by atoms with E-state index >= 15 is 0 Å². The van der Waals surface area contributed by atoms with Crippen molar-refractivity contribution in [1.82, 2.24) is 5.32 Å². The molecule has 0 bridgehead atoms. The lowest BCUT2D eigenvalue weighted by molar-refractivity contribution is 0.0698. The number of ketones is 1. The zero-order valence-electron chi connectivity index (χ0n) is 10.4. The maximum atomic E-state index is 11.5. The Balaban J connectivity index is 0.00000162. The summed E-state index contributed by atoms with van der Waals surface area (Å²) in [5, 5.41) is 3.33. The fourth-order valence-electron chi connectivity index (χ4n) is 2.09. The van der Waals surface area contributed by atoms with E-state index in [1.165, 1.54) is 19.1 Å². The van der Waals surface area contributed by atoms with Gasteiger partial charge in [-0.05, 0) is 50.4 Å². The number of halogens is 1. The topological polar surface area (TPSA) is 51.5 Å². The van der Waals surface area contributed by atoms with Gasteiger partial charge < -0.3 is 14.5 Å². The van der Waals surface area contributed by atoms with Crippen LogP contribution >= 0.6 is 12.4 Å². The Bertz CT molecular complexity index is 334. The van der Waals surface area contributed by atoms with E-state index in [1.54, 1.807) is 12.1 Å². The predicted octanol–water partition coefficient (Wildman–Crippen LogP) is 2.29. The first-order valence-electron chi connectivity index (χ1n) is 6.21. The third-order valence-electron chi connectivity index (χ3n) is 3.16. The highest BCUT2D eigenvalue weighted by molar-refractivity contribution is 5.94. The molecule has 0 aliphatic carbocycles. The molecular weight excluding hydrogens is 254 g/mol. The number of ether oxygens (including phenoxy) is 1. The summed E-state index contributed by atoms with van der Waals surface area (Å²) in [6, 6.07) is 3.38. The van der Waals surface area contributed by atoms with E-state index in [1.807, 2.05) is 0 Å². The Labute approximate surface area is 113 Å². The average Bonchev–Trinajstić information content (AvgIpc) is 2.89. The van der Waals surface area contributed by atoms with Gasteiger partial charge in [-0.25, -0.2) is 0 Å². The standard InChI is InChI=1S/C13H19NO3.ClH/c15-12(13-2-1-8-17-13)10-16-9-5-11-3-6-14-7-4-11;/h1-2,8,11,14H,3-7,9-10H2;1H.